The minimum atomic E-state index is 0.119. The third-order valence-electron chi connectivity index (χ3n) is 3.94. The van der Waals surface area contributed by atoms with Gasteiger partial charge in [-0.3, -0.25) is 0 Å². The second kappa shape index (κ2) is 5.22. The molecule has 1 aliphatic heterocycles. The van der Waals surface area contributed by atoms with E-state index in [0.717, 1.165) is 4.43 Å². The van der Waals surface area contributed by atoms with Gasteiger partial charge in [0.15, 0.2) is 0 Å². The molecule has 0 unspecified atom stereocenters. The van der Waals surface area contributed by atoms with E-state index in [1.54, 1.807) is 0 Å². The summed E-state index contributed by atoms with van der Waals surface area (Å²) in [6.45, 7) is 0. The Kier molecular flexibility index (Phi) is 3.22. The molecule has 1 aliphatic rings. The predicted molar refractivity (Wildman–Crippen MR) is 98.1 cm³/mol. The van der Waals surface area contributed by atoms with Gasteiger partial charge in [-0.1, -0.05) is 71.1 Å². The first-order chi connectivity index (χ1) is 10.3. The molecule has 0 saturated heterocycles. The fourth-order valence-corrected chi connectivity index (χ4v) is 3.43. The molecule has 21 heavy (non-hydrogen) atoms. The van der Waals surface area contributed by atoms with Gasteiger partial charge in [0.1, 0.15) is 6.17 Å². The highest BCUT2D eigenvalue weighted by Gasteiger charge is 2.19. The third-order valence-corrected chi connectivity index (χ3v) is 4.82. The summed E-state index contributed by atoms with van der Waals surface area (Å²) in [7, 11) is 0. The molecule has 0 fully saturated rings. The molecule has 0 radical (unpaired) electrons. The highest BCUT2D eigenvalue weighted by Crippen LogP contribution is 2.38. The molecule has 4 rings (SSSR count). The third kappa shape index (κ3) is 2.25. The van der Waals surface area contributed by atoms with E-state index >= 15 is 0 Å². The summed E-state index contributed by atoms with van der Waals surface area (Å²) in [5, 5.41) is 9.78. The zero-order valence-electron chi connectivity index (χ0n) is 11.4. The number of hydrogen-bond acceptors (Lipinski definition) is 2. The minimum absolute atomic E-state index is 0.119. The first-order valence-corrected chi connectivity index (χ1v) is 8.57. The number of alkyl halides is 1. The summed E-state index contributed by atoms with van der Waals surface area (Å²) in [5.74, 6) is 0. The number of halogens is 1. The fourth-order valence-electron chi connectivity index (χ4n) is 2.95. The van der Waals surface area contributed by atoms with Crippen molar-refractivity contribution in [3.63, 3.8) is 0 Å². The maximum Gasteiger partial charge on any atom is 0.123 e. The Morgan fingerprint density at radius 2 is 1.52 bits per heavy atom. The second-order valence-electron chi connectivity index (χ2n) is 5.31. The molecule has 0 aromatic heterocycles. The Morgan fingerprint density at radius 1 is 0.857 bits per heavy atom. The van der Waals surface area contributed by atoms with Crippen LogP contribution in [0.15, 0.2) is 60.7 Å². The molecule has 0 bridgehead atoms. The largest absolute Gasteiger partial charge is 0.361 e. The van der Waals surface area contributed by atoms with Gasteiger partial charge in [-0.25, -0.2) is 0 Å². The summed E-state index contributed by atoms with van der Waals surface area (Å²) in [4.78, 5) is 0. The van der Waals surface area contributed by atoms with Crippen molar-refractivity contribution in [3.05, 3.63) is 71.8 Å². The van der Waals surface area contributed by atoms with E-state index in [-0.39, 0.29) is 6.17 Å². The Bertz CT molecular complexity index is 772. The number of nitrogens with one attached hydrogen (secondary N) is 2. The Balaban J connectivity index is 1.79. The topological polar surface area (TPSA) is 24.1 Å². The quantitative estimate of drug-likeness (QED) is 0.461. The van der Waals surface area contributed by atoms with E-state index in [1.807, 2.05) is 0 Å². The van der Waals surface area contributed by atoms with Crippen molar-refractivity contribution in [2.24, 2.45) is 0 Å². The molecule has 2 N–H and O–H groups in total. The fraction of sp³-hybridized carbons (Fsp3) is 0.111. The van der Waals surface area contributed by atoms with E-state index in [9.17, 15) is 0 Å². The van der Waals surface area contributed by atoms with Crippen LogP contribution in [0, 0.1) is 0 Å². The monoisotopic (exact) mass is 386 g/mol. The van der Waals surface area contributed by atoms with E-state index in [0.29, 0.717) is 0 Å². The van der Waals surface area contributed by atoms with Crippen LogP contribution in [0.25, 0.3) is 10.8 Å². The van der Waals surface area contributed by atoms with Crippen LogP contribution in [0.5, 0.6) is 0 Å². The van der Waals surface area contributed by atoms with Crippen LogP contribution in [-0.4, -0.2) is 0 Å². The molecule has 0 spiro atoms. The predicted octanol–water partition coefficient (Wildman–Crippen LogP) is 5.31. The SMILES string of the molecule is ICc1cccc(C2Nc3cccc4cccc(c34)N2)c1. The molecule has 3 aromatic rings. The standard InChI is InChI=1S/C18H15IN2/c19-11-12-4-1-7-14(10-12)18-20-15-8-2-5-13-6-3-9-16(21-18)17(13)15/h1-10,18,20-21H,11H2. The molecular formula is C18H15IN2. The molecule has 2 nitrogen and oxygen atoms in total. The smallest absolute Gasteiger partial charge is 0.123 e. The van der Waals surface area contributed by atoms with Crippen LogP contribution in [0.4, 0.5) is 11.4 Å². The lowest BCUT2D eigenvalue weighted by Crippen LogP contribution is -2.23. The van der Waals surface area contributed by atoms with Crippen molar-refractivity contribution >= 4 is 44.7 Å². The number of benzene rings is 3. The molecule has 0 amide bonds. The summed E-state index contributed by atoms with van der Waals surface area (Å²) < 4.78 is 1.03. The van der Waals surface area contributed by atoms with Crippen LogP contribution in [0.3, 0.4) is 0 Å². The van der Waals surface area contributed by atoms with Gasteiger partial charge in [-0.05, 0) is 28.6 Å². The molecule has 3 heteroatoms. The van der Waals surface area contributed by atoms with Crippen molar-refractivity contribution in [2.45, 2.75) is 10.6 Å². The van der Waals surface area contributed by atoms with E-state index in [2.05, 4.69) is 93.9 Å². The zero-order chi connectivity index (χ0) is 14.2. The molecule has 0 atom stereocenters. The summed E-state index contributed by atoms with van der Waals surface area (Å²) in [6.07, 6.45) is 0.119. The Morgan fingerprint density at radius 3 is 2.19 bits per heavy atom. The number of rotatable bonds is 2. The summed E-state index contributed by atoms with van der Waals surface area (Å²) in [6, 6.07) is 21.6. The molecule has 104 valence electrons. The van der Waals surface area contributed by atoms with Gasteiger partial charge in [-0.2, -0.15) is 0 Å². The molecule has 1 heterocycles. The van der Waals surface area contributed by atoms with Gasteiger partial charge in [0.2, 0.25) is 0 Å². The van der Waals surface area contributed by atoms with Gasteiger partial charge in [-0.15, -0.1) is 0 Å². The van der Waals surface area contributed by atoms with Gasteiger partial charge in [0.05, 0.1) is 0 Å². The van der Waals surface area contributed by atoms with Gasteiger partial charge < -0.3 is 10.6 Å². The number of hydrogen-bond donors (Lipinski definition) is 2. The van der Waals surface area contributed by atoms with E-state index in [1.165, 1.54) is 33.3 Å². The molecule has 0 aliphatic carbocycles. The van der Waals surface area contributed by atoms with Crippen molar-refractivity contribution in [1.29, 1.82) is 0 Å². The summed E-state index contributed by atoms with van der Waals surface area (Å²) in [5.41, 5.74) is 5.03. The van der Waals surface area contributed by atoms with Gasteiger partial charge in [0.25, 0.3) is 0 Å². The van der Waals surface area contributed by atoms with Crippen LogP contribution < -0.4 is 10.6 Å². The lowest BCUT2D eigenvalue weighted by Gasteiger charge is -2.30. The highest BCUT2D eigenvalue weighted by molar-refractivity contribution is 14.1. The summed E-state index contributed by atoms with van der Waals surface area (Å²) >= 11 is 2.40. The first kappa shape index (κ1) is 13.0. The average Bonchev–Trinajstić information content (AvgIpc) is 2.55. The van der Waals surface area contributed by atoms with Crippen molar-refractivity contribution in [1.82, 2.24) is 0 Å². The molecule has 0 saturated carbocycles. The lowest BCUT2D eigenvalue weighted by molar-refractivity contribution is 0.895. The van der Waals surface area contributed by atoms with Crippen LogP contribution >= 0.6 is 22.6 Å². The highest BCUT2D eigenvalue weighted by atomic mass is 127. The van der Waals surface area contributed by atoms with Crippen molar-refractivity contribution < 1.29 is 0 Å². The average molecular weight is 386 g/mol. The number of anilines is 2. The maximum atomic E-state index is 3.62. The minimum Gasteiger partial charge on any atom is -0.361 e. The Hall–Kier alpha value is -1.75. The second-order valence-corrected chi connectivity index (χ2v) is 6.07. The first-order valence-electron chi connectivity index (χ1n) is 7.05. The van der Waals surface area contributed by atoms with E-state index < -0.39 is 0 Å². The van der Waals surface area contributed by atoms with E-state index in [4.69, 9.17) is 0 Å². The lowest BCUT2D eigenvalue weighted by atomic mass is 10.0. The van der Waals surface area contributed by atoms with Crippen LogP contribution in [0.2, 0.25) is 0 Å². The van der Waals surface area contributed by atoms with Crippen LogP contribution in [0.1, 0.15) is 17.3 Å². The maximum absolute atomic E-state index is 3.62. The molecular weight excluding hydrogens is 371 g/mol. The van der Waals surface area contributed by atoms with Gasteiger partial charge in [0, 0.05) is 21.2 Å². The Labute approximate surface area is 137 Å². The normalized spacial score (nSPS) is 13.8. The van der Waals surface area contributed by atoms with Crippen LogP contribution in [-0.2, 0) is 4.43 Å². The van der Waals surface area contributed by atoms with Gasteiger partial charge >= 0.3 is 0 Å². The zero-order valence-corrected chi connectivity index (χ0v) is 13.6. The van der Waals surface area contributed by atoms with Crippen molar-refractivity contribution in [2.75, 3.05) is 10.6 Å². The van der Waals surface area contributed by atoms with Crippen molar-refractivity contribution in [3.8, 4) is 0 Å². The molecule has 3 aromatic carbocycles.